The van der Waals surface area contributed by atoms with Gasteiger partial charge in [0.2, 0.25) is 0 Å². The summed E-state index contributed by atoms with van der Waals surface area (Å²) in [5.74, 6) is 0. The second-order valence-corrected chi connectivity index (χ2v) is 4.29. The summed E-state index contributed by atoms with van der Waals surface area (Å²) < 4.78 is 37.0. The fourth-order valence-corrected chi connectivity index (χ4v) is 1.78. The average molecular weight is 239 g/mol. The van der Waals surface area contributed by atoms with Crippen LogP contribution in [-0.4, -0.2) is 19.3 Å². The molecular weight excluding hydrogens is 215 g/mol. The number of alkyl halides is 3. The van der Waals surface area contributed by atoms with E-state index in [0.717, 1.165) is 19.3 Å². The lowest BCUT2D eigenvalue weighted by Gasteiger charge is -2.19. The maximum Gasteiger partial charge on any atom is 0.403 e. The molecule has 1 nitrogen and oxygen atoms in total. The zero-order chi connectivity index (χ0) is 12.4. The molecule has 0 radical (unpaired) electrons. The fraction of sp³-hybridized carbons (Fsp3) is 1.00. The van der Waals surface area contributed by atoms with Gasteiger partial charge in [0.1, 0.15) is 6.04 Å². The van der Waals surface area contributed by atoms with Crippen molar-refractivity contribution in [2.45, 2.75) is 70.5 Å². The van der Waals surface area contributed by atoms with E-state index in [1.165, 1.54) is 26.3 Å². The molecular formula is C12H24F3N. The molecule has 1 N–H and O–H groups in total. The van der Waals surface area contributed by atoms with E-state index in [1.54, 1.807) is 0 Å². The molecule has 0 aliphatic heterocycles. The molecule has 4 heteroatoms. The molecule has 0 aliphatic rings. The van der Waals surface area contributed by atoms with Crippen LogP contribution in [0, 0.1) is 0 Å². The van der Waals surface area contributed by atoms with Gasteiger partial charge in [-0.1, -0.05) is 51.9 Å². The summed E-state index contributed by atoms with van der Waals surface area (Å²) in [6.45, 7) is 2.15. The van der Waals surface area contributed by atoms with Crippen LogP contribution in [0.2, 0.25) is 0 Å². The maximum absolute atomic E-state index is 12.3. The van der Waals surface area contributed by atoms with E-state index in [9.17, 15) is 13.2 Å². The van der Waals surface area contributed by atoms with Gasteiger partial charge in [-0.05, 0) is 13.5 Å². The summed E-state index contributed by atoms with van der Waals surface area (Å²) in [5.41, 5.74) is 0. The van der Waals surface area contributed by atoms with Crippen molar-refractivity contribution < 1.29 is 13.2 Å². The van der Waals surface area contributed by atoms with E-state index in [1.807, 2.05) is 0 Å². The van der Waals surface area contributed by atoms with E-state index in [-0.39, 0.29) is 6.42 Å². The lowest BCUT2D eigenvalue weighted by molar-refractivity contribution is -0.156. The molecule has 0 heterocycles. The Bertz CT molecular complexity index is 157. The highest BCUT2D eigenvalue weighted by atomic mass is 19.4. The molecule has 0 saturated carbocycles. The first-order valence-electron chi connectivity index (χ1n) is 6.26. The van der Waals surface area contributed by atoms with Gasteiger partial charge in [0.25, 0.3) is 0 Å². The Hall–Kier alpha value is -0.250. The van der Waals surface area contributed by atoms with E-state index < -0.39 is 12.2 Å². The molecule has 0 aromatic heterocycles. The smallest absolute Gasteiger partial charge is 0.309 e. The summed E-state index contributed by atoms with van der Waals surface area (Å²) in [7, 11) is 1.37. The Kier molecular flexibility index (Phi) is 8.71. The van der Waals surface area contributed by atoms with Gasteiger partial charge in [-0.15, -0.1) is 0 Å². The fourth-order valence-electron chi connectivity index (χ4n) is 1.78. The minimum atomic E-state index is -4.10. The van der Waals surface area contributed by atoms with Gasteiger partial charge in [0.05, 0.1) is 0 Å². The molecule has 98 valence electrons. The van der Waals surface area contributed by atoms with Crippen molar-refractivity contribution in [1.29, 1.82) is 0 Å². The van der Waals surface area contributed by atoms with Gasteiger partial charge in [0, 0.05) is 0 Å². The van der Waals surface area contributed by atoms with E-state index in [4.69, 9.17) is 0 Å². The topological polar surface area (TPSA) is 12.0 Å². The van der Waals surface area contributed by atoms with Crippen LogP contribution in [-0.2, 0) is 0 Å². The first kappa shape index (κ1) is 15.8. The minimum absolute atomic E-state index is 0.202. The van der Waals surface area contributed by atoms with Crippen molar-refractivity contribution >= 4 is 0 Å². The van der Waals surface area contributed by atoms with Crippen LogP contribution < -0.4 is 5.32 Å². The Morgan fingerprint density at radius 3 is 1.88 bits per heavy atom. The molecule has 0 aromatic rings. The zero-order valence-corrected chi connectivity index (χ0v) is 10.4. The molecule has 1 atom stereocenters. The van der Waals surface area contributed by atoms with Crippen LogP contribution in [0.5, 0.6) is 0 Å². The van der Waals surface area contributed by atoms with Crippen LogP contribution >= 0.6 is 0 Å². The van der Waals surface area contributed by atoms with Crippen molar-refractivity contribution in [3.63, 3.8) is 0 Å². The van der Waals surface area contributed by atoms with Crippen LogP contribution in [0.4, 0.5) is 13.2 Å². The van der Waals surface area contributed by atoms with Gasteiger partial charge >= 0.3 is 6.18 Å². The third-order valence-electron chi connectivity index (χ3n) is 2.84. The average Bonchev–Trinajstić information content (AvgIpc) is 2.20. The summed E-state index contributed by atoms with van der Waals surface area (Å²) in [6.07, 6.45) is 3.56. The number of unbranched alkanes of at least 4 members (excludes halogenated alkanes) is 6. The van der Waals surface area contributed by atoms with Crippen molar-refractivity contribution in [3.8, 4) is 0 Å². The molecule has 16 heavy (non-hydrogen) atoms. The second-order valence-electron chi connectivity index (χ2n) is 4.29. The second kappa shape index (κ2) is 8.85. The predicted molar refractivity (Wildman–Crippen MR) is 61.5 cm³/mol. The molecule has 0 aliphatic carbocycles. The SMILES string of the molecule is CCCCCCCCCC(NC)C(F)(F)F. The highest BCUT2D eigenvalue weighted by Crippen LogP contribution is 2.24. The van der Waals surface area contributed by atoms with E-state index in [2.05, 4.69) is 12.2 Å². The first-order chi connectivity index (χ1) is 7.52. The van der Waals surface area contributed by atoms with Gasteiger partial charge < -0.3 is 5.32 Å². The summed E-state index contributed by atoms with van der Waals surface area (Å²) in [6, 6.07) is -1.33. The third-order valence-corrected chi connectivity index (χ3v) is 2.84. The lowest BCUT2D eigenvalue weighted by atomic mass is 10.0. The Balaban J connectivity index is 3.42. The number of hydrogen-bond donors (Lipinski definition) is 1. The molecule has 0 rings (SSSR count). The molecule has 0 spiro atoms. The molecule has 0 aromatic carbocycles. The number of hydrogen-bond acceptors (Lipinski definition) is 1. The van der Waals surface area contributed by atoms with Gasteiger partial charge in [-0.2, -0.15) is 13.2 Å². The highest BCUT2D eigenvalue weighted by molar-refractivity contribution is 4.72. The minimum Gasteiger partial charge on any atom is -0.309 e. The monoisotopic (exact) mass is 239 g/mol. The lowest BCUT2D eigenvalue weighted by Crippen LogP contribution is -2.39. The predicted octanol–water partition coefficient (Wildman–Crippen LogP) is 4.28. The van der Waals surface area contributed by atoms with Gasteiger partial charge in [0.15, 0.2) is 0 Å². The van der Waals surface area contributed by atoms with Crippen LogP contribution in [0.1, 0.15) is 58.3 Å². The van der Waals surface area contributed by atoms with Gasteiger partial charge in [-0.3, -0.25) is 0 Å². The molecule has 0 amide bonds. The van der Waals surface area contributed by atoms with Crippen LogP contribution in [0.15, 0.2) is 0 Å². The zero-order valence-electron chi connectivity index (χ0n) is 10.4. The largest absolute Gasteiger partial charge is 0.403 e. The van der Waals surface area contributed by atoms with Crippen molar-refractivity contribution in [1.82, 2.24) is 5.32 Å². The summed E-state index contributed by atoms with van der Waals surface area (Å²) in [4.78, 5) is 0. The van der Waals surface area contributed by atoms with Gasteiger partial charge in [-0.25, -0.2) is 0 Å². The Morgan fingerprint density at radius 2 is 1.44 bits per heavy atom. The molecule has 0 saturated heterocycles. The van der Waals surface area contributed by atoms with Crippen LogP contribution in [0.25, 0.3) is 0 Å². The molecule has 0 fully saturated rings. The molecule has 1 unspecified atom stereocenters. The standard InChI is InChI=1S/C12H24F3N/c1-3-4-5-6-7-8-9-10-11(16-2)12(13,14)15/h11,16H,3-10H2,1-2H3. The quantitative estimate of drug-likeness (QED) is 0.592. The number of rotatable bonds is 9. The van der Waals surface area contributed by atoms with E-state index in [0.29, 0.717) is 6.42 Å². The van der Waals surface area contributed by atoms with Crippen molar-refractivity contribution in [2.24, 2.45) is 0 Å². The van der Waals surface area contributed by atoms with Crippen molar-refractivity contribution in [3.05, 3.63) is 0 Å². The summed E-state index contributed by atoms with van der Waals surface area (Å²) >= 11 is 0. The van der Waals surface area contributed by atoms with Crippen molar-refractivity contribution in [2.75, 3.05) is 7.05 Å². The Labute approximate surface area is 96.8 Å². The number of nitrogens with one attached hydrogen (secondary N) is 1. The normalized spacial score (nSPS) is 14.1. The number of halogens is 3. The third kappa shape index (κ3) is 7.97. The Morgan fingerprint density at radius 1 is 0.938 bits per heavy atom. The van der Waals surface area contributed by atoms with Crippen LogP contribution in [0.3, 0.4) is 0 Å². The first-order valence-corrected chi connectivity index (χ1v) is 6.26. The molecule has 0 bridgehead atoms. The van der Waals surface area contributed by atoms with E-state index >= 15 is 0 Å². The highest BCUT2D eigenvalue weighted by Gasteiger charge is 2.37. The summed E-state index contributed by atoms with van der Waals surface area (Å²) in [5, 5.41) is 2.33. The maximum atomic E-state index is 12.3.